The van der Waals surface area contributed by atoms with Crippen molar-refractivity contribution in [3.05, 3.63) is 11.2 Å². The van der Waals surface area contributed by atoms with Crippen molar-refractivity contribution in [1.29, 1.82) is 0 Å². The summed E-state index contributed by atoms with van der Waals surface area (Å²) in [7, 11) is 0. The lowest BCUT2D eigenvalue weighted by Crippen LogP contribution is -2.38. The summed E-state index contributed by atoms with van der Waals surface area (Å²) in [6.45, 7) is 7.15. The van der Waals surface area contributed by atoms with Crippen LogP contribution in [0, 0.1) is 0 Å². The molecule has 18 heavy (non-hydrogen) atoms. The molecule has 1 aliphatic rings. The molecule has 0 radical (unpaired) electrons. The highest BCUT2D eigenvalue weighted by molar-refractivity contribution is 6.29. The molecule has 1 aromatic heterocycles. The first-order chi connectivity index (χ1) is 8.56. The molecule has 0 aromatic carbocycles. The lowest BCUT2D eigenvalue weighted by molar-refractivity contribution is 0.222. The maximum atomic E-state index is 6.04. The Morgan fingerprint density at radius 3 is 2.83 bits per heavy atom. The standard InChI is InChI=1S/C13H20ClN3O/c1-9(2)18-13-15-11(14)8-12(16-13)17-7-5-4-6-10(17)3/h8-10H,4-7H2,1-3H3. The van der Waals surface area contributed by atoms with Crippen LogP contribution < -0.4 is 9.64 Å². The molecular formula is C13H20ClN3O. The van der Waals surface area contributed by atoms with Crippen LogP contribution in [0.2, 0.25) is 5.15 Å². The number of anilines is 1. The molecule has 5 heteroatoms. The second kappa shape index (κ2) is 5.74. The van der Waals surface area contributed by atoms with Crippen LogP contribution in [0.25, 0.3) is 0 Å². The van der Waals surface area contributed by atoms with E-state index in [2.05, 4.69) is 21.8 Å². The van der Waals surface area contributed by atoms with Gasteiger partial charge in [0.15, 0.2) is 0 Å². The Labute approximate surface area is 113 Å². The van der Waals surface area contributed by atoms with E-state index in [-0.39, 0.29) is 6.10 Å². The van der Waals surface area contributed by atoms with E-state index in [0.717, 1.165) is 12.4 Å². The van der Waals surface area contributed by atoms with Crippen molar-refractivity contribution in [1.82, 2.24) is 9.97 Å². The van der Waals surface area contributed by atoms with Gasteiger partial charge in [0.05, 0.1) is 6.10 Å². The summed E-state index contributed by atoms with van der Waals surface area (Å²) in [5.41, 5.74) is 0. The number of nitrogens with zero attached hydrogens (tertiary/aromatic N) is 3. The molecule has 1 aliphatic heterocycles. The van der Waals surface area contributed by atoms with Gasteiger partial charge in [0.2, 0.25) is 0 Å². The molecule has 0 saturated carbocycles. The van der Waals surface area contributed by atoms with Gasteiger partial charge in [-0.3, -0.25) is 0 Å². The number of piperidine rings is 1. The zero-order valence-electron chi connectivity index (χ0n) is 11.2. The van der Waals surface area contributed by atoms with Crippen LogP contribution in [0.1, 0.15) is 40.0 Å². The molecular weight excluding hydrogens is 250 g/mol. The fraction of sp³-hybridized carbons (Fsp3) is 0.692. The van der Waals surface area contributed by atoms with Crippen LogP contribution in [-0.2, 0) is 0 Å². The van der Waals surface area contributed by atoms with Gasteiger partial charge in [-0.15, -0.1) is 0 Å². The molecule has 100 valence electrons. The molecule has 4 nitrogen and oxygen atoms in total. The fourth-order valence-corrected chi connectivity index (χ4v) is 2.40. The largest absolute Gasteiger partial charge is 0.461 e. The Hall–Kier alpha value is -1.03. The Kier molecular flexibility index (Phi) is 4.27. The summed E-state index contributed by atoms with van der Waals surface area (Å²) in [6.07, 6.45) is 3.73. The van der Waals surface area contributed by atoms with Crippen molar-refractivity contribution in [2.24, 2.45) is 0 Å². The molecule has 0 N–H and O–H groups in total. The second-order valence-corrected chi connectivity index (χ2v) is 5.42. The highest BCUT2D eigenvalue weighted by atomic mass is 35.5. The normalized spacial score (nSPS) is 20.3. The zero-order valence-corrected chi connectivity index (χ0v) is 11.9. The summed E-state index contributed by atoms with van der Waals surface area (Å²) in [5.74, 6) is 0.873. The molecule has 1 unspecified atom stereocenters. The van der Waals surface area contributed by atoms with Crippen LogP contribution in [0.3, 0.4) is 0 Å². The maximum Gasteiger partial charge on any atom is 0.320 e. The first kappa shape index (κ1) is 13.4. The second-order valence-electron chi connectivity index (χ2n) is 5.04. The van der Waals surface area contributed by atoms with Gasteiger partial charge in [-0.1, -0.05) is 11.6 Å². The van der Waals surface area contributed by atoms with Crippen LogP contribution in [-0.4, -0.2) is 28.7 Å². The third-order valence-corrected chi connectivity index (χ3v) is 3.29. The quantitative estimate of drug-likeness (QED) is 0.789. The van der Waals surface area contributed by atoms with Gasteiger partial charge in [-0.2, -0.15) is 9.97 Å². The van der Waals surface area contributed by atoms with Crippen LogP contribution >= 0.6 is 11.6 Å². The van der Waals surface area contributed by atoms with Crippen molar-refractivity contribution in [2.45, 2.75) is 52.2 Å². The highest BCUT2D eigenvalue weighted by Crippen LogP contribution is 2.26. The summed E-state index contributed by atoms with van der Waals surface area (Å²) in [6, 6.07) is 2.68. The monoisotopic (exact) mass is 269 g/mol. The van der Waals surface area contributed by atoms with E-state index in [4.69, 9.17) is 16.3 Å². The number of rotatable bonds is 3. The van der Waals surface area contributed by atoms with Crippen molar-refractivity contribution >= 4 is 17.4 Å². The third kappa shape index (κ3) is 3.25. The summed E-state index contributed by atoms with van der Waals surface area (Å²) >= 11 is 6.04. The molecule has 1 atom stereocenters. The lowest BCUT2D eigenvalue weighted by atomic mass is 10.0. The van der Waals surface area contributed by atoms with E-state index in [1.54, 1.807) is 0 Å². The van der Waals surface area contributed by atoms with E-state index in [1.165, 1.54) is 19.3 Å². The number of hydrogen-bond donors (Lipinski definition) is 0. The highest BCUT2D eigenvalue weighted by Gasteiger charge is 2.21. The molecule has 0 amide bonds. The lowest BCUT2D eigenvalue weighted by Gasteiger charge is -2.34. The van der Waals surface area contributed by atoms with Gasteiger partial charge in [0.1, 0.15) is 11.0 Å². The topological polar surface area (TPSA) is 38.2 Å². The van der Waals surface area contributed by atoms with Gasteiger partial charge in [0.25, 0.3) is 0 Å². The molecule has 1 saturated heterocycles. The molecule has 1 fully saturated rings. The van der Waals surface area contributed by atoms with Gasteiger partial charge in [-0.05, 0) is 40.0 Å². The Bertz CT molecular complexity index is 411. The smallest absolute Gasteiger partial charge is 0.320 e. The van der Waals surface area contributed by atoms with E-state index < -0.39 is 0 Å². The van der Waals surface area contributed by atoms with Crippen molar-refractivity contribution in [2.75, 3.05) is 11.4 Å². The van der Waals surface area contributed by atoms with Gasteiger partial charge >= 0.3 is 6.01 Å². The fourth-order valence-electron chi connectivity index (χ4n) is 2.23. The number of ether oxygens (including phenoxy) is 1. The predicted octanol–water partition coefficient (Wildman–Crippen LogP) is 3.30. The molecule has 2 heterocycles. The van der Waals surface area contributed by atoms with Gasteiger partial charge in [-0.25, -0.2) is 0 Å². The predicted molar refractivity (Wildman–Crippen MR) is 73.5 cm³/mol. The minimum Gasteiger partial charge on any atom is -0.461 e. The van der Waals surface area contributed by atoms with Gasteiger partial charge in [0, 0.05) is 18.7 Å². The van der Waals surface area contributed by atoms with Crippen molar-refractivity contribution in [3.63, 3.8) is 0 Å². The van der Waals surface area contributed by atoms with Crippen molar-refractivity contribution < 1.29 is 4.74 Å². The zero-order chi connectivity index (χ0) is 13.1. The molecule has 0 spiro atoms. The minimum atomic E-state index is 0.0510. The molecule has 0 bridgehead atoms. The minimum absolute atomic E-state index is 0.0510. The summed E-state index contributed by atoms with van der Waals surface area (Å²) in [4.78, 5) is 10.8. The summed E-state index contributed by atoms with van der Waals surface area (Å²) < 4.78 is 5.53. The van der Waals surface area contributed by atoms with E-state index in [9.17, 15) is 0 Å². The van der Waals surface area contributed by atoms with Crippen LogP contribution in [0.4, 0.5) is 5.82 Å². The van der Waals surface area contributed by atoms with E-state index in [1.807, 2.05) is 19.9 Å². The van der Waals surface area contributed by atoms with Crippen LogP contribution in [0.5, 0.6) is 6.01 Å². The average Bonchev–Trinajstić information content (AvgIpc) is 2.27. The first-order valence-corrected chi connectivity index (χ1v) is 6.92. The first-order valence-electron chi connectivity index (χ1n) is 6.54. The van der Waals surface area contributed by atoms with E-state index >= 15 is 0 Å². The maximum absolute atomic E-state index is 6.04. The Morgan fingerprint density at radius 1 is 1.39 bits per heavy atom. The number of hydrogen-bond acceptors (Lipinski definition) is 4. The number of aromatic nitrogens is 2. The van der Waals surface area contributed by atoms with Gasteiger partial charge < -0.3 is 9.64 Å². The Balaban J connectivity index is 2.23. The average molecular weight is 270 g/mol. The SMILES string of the molecule is CC(C)Oc1nc(Cl)cc(N2CCCCC2C)n1. The van der Waals surface area contributed by atoms with Crippen molar-refractivity contribution in [3.8, 4) is 6.01 Å². The molecule has 0 aliphatic carbocycles. The summed E-state index contributed by atoms with van der Waals surface area (Å²) in [5, 5.41) is 0.438. The van der Waals surface area contributed by atoms with Crippen LogP contribution in [0.15, 0.2) is 6.07 Å². The van der Waals surface area contributed by atoms with E-state index in [0.29, 0.717) is 17.2 Å². The molecule has 2 rings (SSSR count). The Morgan fingerprint density at radius 2 is 2.17 bits per heavy atom. The third-order valence-electron chi connectivity index (χ3n) is 3.10. The number of halogens is 1. The molecule has 1 aromatic rings.